The minimum atomic E-state index is -0.0907. The Morgan fingerprint density at radius 2 is 1.30 bits per heavy atom. The van der Waals surface area contributed by atoms with E-state index in [4.69, 9.17) is 0 Å². The van der Waals surface area contributed by atoms with Gasteiger partial charge in [0.1, 0.15) is 0 Å². The molecule has 4 atom stereocenters. The van der Waals surface area contributed by atoms with Gasteiger partial charge in [-0.1, -0.05) is 29.3 Å². The molecular formula is C20H21NO2. The molecule has 0 aromatic heterocycles. The first kappa shape index (κ1) is 13.5. The Balaban J connectivity index is 1.62. The van der Waals surface area contributed by atoms with E-state index in [1.807, 2.05) is 30.3 Å². The van der Waals surface area contributed by atoms with Crippen LogP contribution in [-0.2, 0) is 9.59 Å². The van der Waals surface area contributed by atoms with Crippen molar-refractivity contribution in [2.75, 3.05) is 4.90 Å². The lowest BCUT2D eigenvalue weighted by atomic mass is 9.66. The molecule has 118 valence electrons. The second kappa shape index (κ2) is 4.80. The number of benzene rings is 1. The fourth-order valence-electron chi connectivity index (χ4n) is 5.72. The lowest BCUT2D eigenvalue weighted by molar-refractivity contribution is -0.122. The summed E-state index contributed by atoms with van der Waals surface area (Å²) in [7, 11) is 0. The van der Waals surface area contributed by atoms with Gasteiger partial charge in [0.05, 0.1) is 17.5 Å². The van der Waals surface area contributed by atoms with E-state index in [0.29, 0.717) is 11.8 Å². The molecule has 1 heterocycles. The van der Waals surface area contributed by atoms with Crippen molar-refractivity contribution < 1.29 is 9.59 Å². The van der Waals surface area contributed by atoms with Crippen molar-refractivity contribution in [1.29, 1.82) is 0 Å². The number of allylic oxidation sites excluding steroid dienone is 2. The molecule has 0 unspecified atom stereocenters. The van der Waals surface area contributed by atoms with Gasteiger partial charge in [0.15, 0.2) is 0 Å². The number of carbonyl (C=O) groups is 2. The summed E-state index contributed by atoms with van der Waals surface area (Å²) < 4.78 is 0. The smallest absolute Gasteiger partial charge is 0.238 e. The maximum absolute atomic E-state index is 13.2. The van der Waals surface area contributed by atoms with Crippen LogP contribution in [0.1, 0.15) is 38.5 Å². The highest BCUT2D eigenvalue weighted by Gasteiger charge is 2.59. The highest BCUT2D eigenvalue weighted by Crippen LogP contribution is 2.57. The van der Waals surface area contributed by atoms with E-state index in [1.54, 1.807) is 11.1 Å². The van der Waals surface area contributed by atoms with Crippen LogP contribution >= 0.6 is 0 Å². The Morgan fingerprint density at radius 1 is 0.783 bits per heavy atom. The van der Waals surface area contributed by atoms with Gasteiger partial charge in [-0.2, -0.15) is 0 Å². The highest BCUT2D eigenvalue weighted by atomic mass is 16.2. The molecule has 5 rings (SSSR count). The predicted molar refractivity (Wildman–Crippen MR) is 87.6 cm³/mol. The van der Waals surface area contributed by atoms with Gasteiger partial charge >= 0.3 is 0 Å². The number of imide groups is 1. The van der Waals surface area contributed by atoms with E-state index in [1.165, 1.54) is 17.7 Å². The van der Waals surface area contributed by atoms with Crippen molar-refractivity contribution in [1.82, 2.24) is 0 Å². The zero-order valence-electron chi connectivity index (χ0n) is 13.2. The Morgan fingerprint density at radius 3 is 1.83 bits per heavy atom. The van der Waals surface area contributed by atoms with Crippen LogP contribution in [0.15, 0.2) is 41.5 Å². The van der Waals surface area contributed by atoms with E-state index in [2.05, 4.69) is 0 Å². The number of para-hydroxylation sites is 1. The monoisotopic (exact) mass is 307 g/mol. The Labute approximate surface area is 136 Å². The van der Waals surface area contributed by atoms with Crippen molar-refractivity contribution in [2.24, 2.45) is 23.7 Å². The number of nitrogens with zero attached hydrogens (tertiary/aromatic N) is 1. The van der Waals surface area contributed by atoms with Gasteiger partial charge in [-0.3, -0.25) is 14.5 Å². The molecule has 1 saturated heterocycles. The molecule has 1 aromatic carbocycles. The second-order valence-corrected chi connectivity index (χ2v) is 7.45. The fourth-order valence-corrected chi connectivity index (χ4v) is 5.72. The van der Waals surface area contributed by atoms with Crippen molar-refractivity contribution in [3.05, 3.63) is 41.5 Å². The van der Waals surface area contributed by atoms with Crippen LogP contribution in [0, 0.1) is 23.7 Å². The van der Waals surface area contributed by atoms with Crippen molar-refractivity contribution in [2.45, 2.75) is 38.5 Å². The van der Waals surface area contributed by atoms with Crippen LogP contribution in [-0.4, -0.2) is 11.8 Å². The Kier molecular flexibility index (Phi) is 2.82. The molecule has 0 bridgehead atoms. The SMILES string of the molecule is O=C1[C@@H]2[C@H](C(=O)N1c1ccccc1)[C@H]1CCCC1=C1CCC[C@H]12. The van der Waals surface area contributed by atoms with Crippen molar-refractivity contribution in [3.63, 3.8) is 0 Å². The molecule has 2 saturated carbocycles. The number of amides is 2. The normalized spacial score (nSPS) is 35.6. The van der Waals surface area contributed by atoms with Gasteiger partial charge in [0.25, 0.3) is 0 Å². The van der Waals surface area contributed by atoms with E-state index in [9.17, 15) is 9.59 Å². The summed E-state index contributed by atoms with van der Waals surface area (Å²) in [6.45, 7) is 0. The van der Waals surface area contributed by atoms with E-state index < -0.39 is 0 Å². The highest BCUT2D eigenvalue weighted by molar-refractivity contribution is 6.22. The molecule has 0 radical (unpaired) electrons. The number of anilines is 1. The molecular weight excluding hydrogens is 286 g/mol. The topological polar surface area (TPSA) is 37.4 Å². The summed E-state index contributed by atoms with van der Waals surface area (Å²) in [5, 5.41) is 0. The van der Waals surface area contributed by atoms with Crippen molar-refractivity contribution >= 4 is 17.5 Å². The molecule has 4 aliphatic rings. The zero-order chi connectivity index (χ0) is 15.6. The van der Waals surface area contributed by atoms with Gasteiger partial charge in [-0.15, -0.1) is 0 Å². The molecule has 3 aliphatic carbocycles. The fraction of sp³-hybridized carbons (Fsp3) is 0.500. The molecule has 1 aromatic rings. The lowest BCUT2D eigenvalue weighted by Crippen LogP contribution is -2.35. The number of hydrogen-bond acceptors (Lipinski definition) is 2. The molecule has 2 amide bonds. The Bertz CT molecular complexity index is 678. The van der Waals surface area contributed by atoms with Crippen LogP contribution in [0.2, 0.25) is 0 Å². The van der Waals surface area contributed by atoms with E-state index >= 15 is 0 Å². The third-order valence-electron chi connectivity index (χ3n) is 6.51. The summed E-state index contributed by atoms with van der Waals surface area (Å²) in [4.78, 5) is 27.8. The van der Waals surface area contributed by atoms with E-state index in [0.717, 1.165) is 31.4 Å². The summed E-state index contributed by atoms with van der Waals surface area (Å²) in [5.74, 6) is 0.617. The summed E-state index contributed by atoms with van der Waals surface area (Å²) >= 11 is 0. The minimum Gasteiger partial charge on any atom is -0.274 e. The van der Waals surface area contributed by atoms with Crippen LogP contribution in [0.5, 0.6) is 0 Å². The lowest BCUT2D eigenvalue weighted by Gasteiger charge is -2.34. The predicted octanol–water partition coefficient (Wildman–Crippen LogP) is 3.70. The Hall–Kier alpha value is -1.90. The standard InChI is InChI=1S/C20H21NO2/c22-19-17-15-10-4-8-13(15)14-9-5-11-16(14)18(17)20(23)21(19)12-6-2-1-3-7-12/h1-3,6-7,15-18H,4-5,8-11H2/t15-,16+,17+,18-. The third kappa shape index (κ3) is 1.71. The van der Waals surface area contributed by atoms with Gasteiger partial charge in [-0.25, -0.2) is 0 Å². The minimum absolute atomic E-state index is 0.0570. The van der Waals surface area contributed by atoms with Crippen molar-refractivity contribution in [3.8, 4) is 0 Å². The van der Waals surface area contributed by atoms with Crippen LogP contribution in [0.3, 0.4) is 0 Å². The first-order valence-corrected chi connectivity index (χ1v) is 8.92. The maximum Gasteiger partial charge on any atom is 0.238 e. The number of carbonyl (C=O) groups excluding carboxylic acids is 2. The average molecular weight is 307 g/mol. The number of rotatable bonds is 1. The largest absolute Gasteiger partial charge is 0.274 e. The first-order valence-electron chi connectivity index (χ1n) is 8.92. The zero-order valence-corrected chi connectivity index (χ0v) is 13.2. The average Bonchev–Trinajstić information content (AvgIpc) is 3.26. The molecule has 0 N–H and O–H groups in total. The molecule has 3 fully saturated rings. The van der Waals surface area contributed by atoms with Gasteiger partial charge in [0, 0.05) is 0 Å². The third-order valence-corrected chi connectivity index (χ3v) is 6.51. The molecule has 0 spiro atoms. The van der Waals surface area contributed by atoms with Crippen LogP contribution < -0.4 is 4.90 Å². The second-order valence-electron chi connectivity index (χ2n) is 7.45. The molecule has 3 heteroatoms. The summed E-state index contributed by atoms with van der Waals surface area (Å²) in [5.41, 5.74) is 3.87. The van der Waals surface area contributed by atoms with Crippen LogP contribution in [0.4, 0.5) is 5.69 Å². The quantitative estimate of drug-likeness (QED) is 0.586. The van der Waals surface area contributed by atoms with Gasteiger partial charge in [0.2, 0.25) is 11.8 Å². The molecule has 1 aliphatic heterocycles. The molecule has 23 heavy (non-hydrogen) atoms. The van der Waals surface area contributed by atoms with Gasteiger partial charge < -0.3 is 0 Å². The van der Waals surface area contributed by atoms with Gasteiger partial charge in [-0.05, 0) is 62.5 Å². The number of hydrogen-bond donors (Lipinski definition) is 0. The van der Waals surface area contributed by atoms with Crippen LogP contribution in [0.25, 0.3) is 0 Å². The number of fused-ring (bicyclic) bond motifs is 5. The van der Waals surface area contributed by atoms with E-state index in [-0.39, 0.29) is 23.7 Å². The summed E-state index contributed by atoms with van der Waals surface area (Å²) in [6.07, 6.45) is 6.88. The maximum atomic E-state index is 13.2. The molecule has 3 nitrogen and oxygen atoms in total. The first-order chi connectivity index (χ1) is 11.3. The summed E-state index contributed by atoms with van der Waals surface area (Å²) in [6, 6.07) is 9.49.